The maximum atomic E-state index is 13.7. The van der Waals surface area contributed by atoms with Gasteiger partial charge in [-0.1, -0.05) is 49.4 Å². The highest BCUT2D eigenvalue weighted by Crippen LogP contribution is 2.63. The first-order chi connectivity index (χ1) is 13.4. The highest BCUT2D eigenvalue weighted by Gasteiger charge is 2.64. The van der Waals surface area contributed by atoms with Crippen molar-refractivity contribution >= 4 is 17.9 Å². The zero-order valence-electron chi connectivity index (χ0n) is 16.2. The average Bonchev–Trinajstić information content (AvgIpc) is 2.96. The molecule has 0 bridgehead atoms. The molecule has 4 atom stereocenters. The van der Waals surface area contributed by atoms with Crippen LogP contribution in [0.2, 0.25) is 0 Å². The van der Waals surface area contributed by atoms with Crippen LogP contribution in [-0.2, 0) is 15.0 Å². The van der Waals surface area contributed by atoms with Crippen LogP contribution in [0.5, 0.6) is 5.75 Å². The molecule has 2 aromatic carbocycles. The van der Waals surface area contributed by atoms with Crippen molar-refractivity contribution in [1.82, 2.24) is 0 Å². The fraction of sp³-hybridized carbons (Fsp3) is 0.333. The predicted molar refractivity (Wildman–Crippen MR) is 107 cm³/mol. The molecule has 5 rings (SSSR count). The Balaban J connectivity index is 1.89. The summed E-state index contributed by atoms with van der Waals surface area (Å²) in [5.41, 5.74) is 2.13. The number of benzene rings is 2. The Bertz CT molecular complexity index is 1040. The summed E-state index contributed by atoms with van der Waals surface area (Å²) in [6, 6.07) is 15.9. The first-order valence-electron chi connectivity index (χ1n) is 9.77. The van der Waals surface area contributed by atoms with Crippen molar-refractivity contribution in [3.05, 3.63) is 71.3 Å². The number of ether oxygens (including phenoxy) is 1. The molecule has 0 aromatic heterocycles. The molecule has 1 N–H and O–H groups in total. The van der Waals surface area contributed by atoms with Gasteiger partial charge in [-0.25, -0.2) is 0 Å². The molecule has 0 unspecified atom stereocenters. The van der Waals surface area contributed by atoms with E-state index in [2.05, 4.69) is 11.4 Å². The maximum absolute atomic E-state index is 13.7. The van der Waals surface area contributed by atoms with Crippen LogP contribution >= 0.6 is 0 Å². The van der Waals surface area contributed by atoms with E-state index in [1.165, 1.54) is 0 Å². The van der Waals surface area contributed by atoms with Gasteiger partial charge in [0, 0.05) is 23.4 Å². The van der Waals surface area contributed by atoms with Gasteiger partial charge in [0.1, 0.15) is 17.6 Å². The van der Waals surface area contributed by atoms with E-state index in [0.29, 0.717) is 5.57 Å². The summed E-state index contributed by atoms with van der Waals surface area (Å²) < 4.78 is 6.35. The first-order valence-corrected chi connectivity index (χ1v) is 9.77. The quantitative estimate of drug-likeness (QED) is 0.762. The molecule has 0 fully saturated rings. The molecule has 1 spiro atoms. The van der Waals surface area contributed by atoms with Gasteiger partial charge in [0.05, 0.1) is 5.41 Å². The Morgan fingerprint density at radius 2 is 1.79 bits per heavy atom. The summed E-state index contributed by atoms with van der Waals surface area (Å²) in [4.78, 5) is 25.7. The predicted octanol–water partition coefficient (Wildman–Crippen LogP) is 4.22. The van der Waals surface area contributed by atoms with Gasteiger partial charge in [-0.15, -0.1) is 0 Å². The second-order valence-corrected chi connectivity index (χ2v) is 8.62. The first kappa shape index (κ1) is 17.2. The summed E-state index contributed by atoms with van der Waals surface area (Å²) >= 11 is 0. The number of para-hydroxylation sites is 2. The van der Waals surface area contributed by atoms with Crippen LogP contribution in [0.25, 0.3) is 0 Å². The van der Waals surface area contributed by atoms with Crippen molar-refractivity contribution in [2.24, 2.45) is 11.8 Å². The average molecular weight is 373 g/mol. The van der Waals surface area contributed by atoms with Crippen LogP contribution in [0.3, 0.4) is 0 Å². The zero-order chi connectivity index (χ0) is 19.7. The largest absolute Gasteiger partial charge is 0.487 e. The molecule has 142 valence electrons. The van der Waals surface area contributed by atoms with Crippen LogP contribution in [0.15, 0.2) is 60.2 Å². The molecule has 2 aromatic rings. The fourth-order valence-electron chi connectivity index (χ4n) is 5.67. The Hall–Kier alpha value is -2.88. The Morgan fingerprint density at radius 1 is 1.07 bits per heavy atom. The van der Waals surface area contributed by atoms with E-state index in [1.807, 2.05) is 69.3 Å². The summed E-state index contributed by atoms with van der Waals surface area (Å²) in [6.45, 7) is 6.09. The molecule has 1 aliphatic carbocycles. The molecule has 4 nitrogen and oxygen atoms in total. The molecular weight excluding hydrogens is 350 g/mol. The minimum Gasteiger partial charge on any atom is -0.487 e. The number of rotatable bonds is 1. The van der Waals surface area contributed by atoms with E-state index in [0.717, 1.165) is 28.8 Å². The van der Waals surface area contributed by atoms with E-state index < -0.39 is 11.0 Å². The number of nitrogens with one attached hydrogen (secondary N) is 1. The topological polar surface area (TPSA) is 55.4 Å². The summed E-state index contributed by atoms with van der Waals surface area (Å²) in [7, 11) is 0. The molecule has 4 heteroatoms. The number of carbonyl (C=O) groups is 2. The number of aldehydes is 1. The molecular formula is C24H23NO3. The SMILES string of the molecule is C[C@@H]1C(C=O)=C[C@H]2[C@@H](c3ccccc3OC2(C)C)[C@@]12C(=O)Nc1ccccc12. The highest BCUT2D eigenvalue weighted by molar-refractivity contribution is 6.08. The van der Waals surface area contributed by atoms with Crippen LogP contribution in [0.4, 0.5) is 5.69 Å². The van der Waals surface area contributed by atoms with Crippen LogP contribution < -0.4 is 10.1 Å². The Labute approximate surface area is 164 Å². The van der Waals surface area contributed by atoms with Gasteiger partial charge in [-0.2, -0.15) is 0 Å². The third-order valence-corrected chi connectivity index (χ3v) is 6.97. The minimum absolute atomic E-state index is 0.0313. The number of hydrogen-bond acceptors (Lipinski definition) is 3. The lowest BCUT2D eigenvalue weighted by molar-refractivity contribution is -0.126. The summed E-state index contributed by atoms with van der Waals surface area (Å²) in [6.07, 6.45) is 2.95. The molecule has 28 heavy (non-hydrogen) atoms. The van der Waals surface area contributed by atoms with Crippen molar-refractivity contribution < 1.29 is 14.3 Å². The van der Waals surface area contributed by atoms with Crippen molar-refractivity contribution in [3.8, 4) is 5.75 Å². The lowest BCUT2D eigenvalue weighted by atomic mass is 9.50. The number of anilines is 1. The third kappa shape index (κ3) is 1.95. The van der Waals surface area contributed by atoms with Gasteiger partial charge in [-0.05, 0) is 42.7 Å². The maximum Gasteiger partial charge on any atom is 0.236 e. The number of allylic oxidation sites excluding steroid dienone is 1. The molecule has 2 heterocycles. The van der Waals surface area contributed by atoms with Gasteiger partial charge < -0.3 is 10.1 Å². The molecule has 0 saturated heterocycles. The van der Waals surface area contributed by atoms with E-state index in [9.17, 15) is 9.59 Å². The normalized spacial score (nSPS) is 31.8. The number of amides is 1. The lowest BCUT2D eigenvalue weighted by Crippen LogP contribution is -2.58. The zero-order valence-corrected chi connectivity index (χ0v) is 16.2. The molecule has 2 aliphatic heterocycles. The van der Waals surface area contributed by atoms with Crippen LogP contribution in [0, 0.1) is 11.8 Å². The molecule has 3 aliphatic rings. The summed E-state index contributed by atoms with van der Waals surface area (Å²) in [5, 5.41) is 3.10. The third-order valence-electron chi connectivity index (χ3n) is 6.97. The van der Waals surface area contributed by atoms with Crippen molar-refractivity contribution in [3.63, 3.8) is 0 Å². The molecule has 1 amide bonds. The van der Waals surface area contributed by atoms with E-state index in [4.69, 9.17) is 4.74 Å². The number of carbonyl (C=O) groups excluding carboxylic acids is 2. The Kier molecular flexibility index (Phi) is 3.43. The second kappa shape index (κ2) is 5.57. The van der Waals surface area contributed by atoms with Crippen LogP contribution in [0.1, 0.15) is 37.8 Å². The van der Waals surface area contributed by atoms with E-state index in [1.54, 1.807) is 0 Å². The van der Waals surface area contributed by atoms with Crippen LogP contribution in [-0.4, -0.2) is 17.8 Å². The summed E-state index contributed by atoms with van der Waals surface area (Å²) in [5.74, 6) is 0.332. The van der Waals surface area contributed by atoms with Gasteiger partial charge >= 0.3 is 0 Å². The van der Waals surface area contributed by atoms with Crippen molar-refractivity contribution in [2.45, 2.75) is 37.7 Å². The van der Waals surface area contributed by atoms with Crippen molar-refractivity contribution in [1.29, 1.82) is 0 Å². The fourth-order valence-corrected chi connectivity index (χ4v) is 5.67. The number of hydrogen-bond donors (Lipinski definition) is 1. The monoisotopic (exact) mass is 373 g/mol. The second-order valence-electron chi connectivity index (χ2n) is 8.62. The highest BCUT2D eigenvalue weighted by atomic mass is 16.5. The Morgan fingerprint density at radius 3 is 2.57 bits per heavy atom. The minimum atomic E-state index is -0.844. The van der Waals surface area contributed by atoms with Crippen molar-refractivity contribution in [2.75, 3.05) is 5.32 Å². The van der Waals surface area contributed by atoms with Gasteiger partial charge in [-0.3, -0.25) is 9.59 Å². The standard InChI is InChI=1S/C24H23NO3/c1-14-15(13-26)12-18-21(16-8-4-7-11-20(16)28-23(18,2)3)24(14)17-9-5-6-10-19(17)25-22(24)27/h4-14,18,21H,1-3H3,(H,25,27)/t14-,18+,21-,24-/m1/s1. The van der Waals surface area contributed by atoms with Gasteiger partial charge in [0.15, 0.2) is 0 Å². The molecule has 0 saturated carbocycles. The van der Waals surface area contributed by atoms with E-state index >= 15 is 0 Å². The molecule has 0 radical (unpaired) electrons. The van der Waals surface area contributed by atoms with E-state index in [-0.39, 0.29) is 23.7 Å². The smallest absolute Gasteiger partial charge is 0.236 e. The number of fused-ring (bicyclic) bond motifs is 6. The van der Waals surface area contributed by atoms with Gasteiger partial charge in [0.2, 0.25) is 5.91 Å². The van der Waals surface area contributed by atoms with Gasteiger partial charge in [0.25, 0.3) is 0 Å². The lowest BCUT2D eigenvalue weighted by Gasteiger charge is -2.54.